The van der Waals surface area contributed by atoms with Crippen molar-refractivity contribution in [1.29, 1.82) is 0 Å². The molecule has 6 nitrogen and oxygen atoms in total. The molecule has 0 radical (unpaired) electrons. The Morgan fingerprint density at radius 1 is 1.24 bits per heavy atom. The second-order valence-corrected chi connectivity index (χ2v) is 4.90. The molecule has 1 heterocycles. The molecule has 4 amide bonds. The summed E-state index contributed by atoms with van der Waals surface area (Å²) in [6.07, 6.45) is 0.424. The minimum Gasteiger partial charge on any atom is -0.355 e. The molecule has 6 heteroatoms. The third kappa shape index (κ3) is 2.61. The van der Waals surface area contributed by atoms with Gasteiger partial charge in [-0.3, -0.25) is 14.5 Å². The lowest BCUT2D eigenvalue weighted by molar-refractivity contribution is -0.135. The Morgan fingerprint density at radius 3 is 2.48 bits per heavy atom. The molecule has 1 saturated heterocycles. The van der Waals surface area contributed by atoms with Crippen molar-refractivity contribution in [2.45, 2.75) is 25.8 Å². The Hall–Kier alpha value is -2.37. The van der Waals surface area contributed by atoms with E-state index in [0.717, 1.165) is 10.5 Å². The van der Waals surface area contributed by atoms with Crippen molar-refractivity contribution in [1.82, 2.24) is 15.5 Å². The number of carbonyl (C=O) groups excluding carboxylic acids is 3. The van der Waals surface area contributed by atoms with E-state index in [1.807, 2.05) is 25.1 Å². The van der Waals surface area contributed by atoms with Crippen molar-refractivity contribution >= 4 is 17.8 Å². The number of nitrogens with zero attached hydrogens (tertiary/aromatic N) is 1. The molecule has 2 N–H and O–H groups in total. The van der Waals surface area contributed by atoms with Gasteiger partial charge >= 0.3 is 6.03 Å². The molecule has 0 unspecified atom stereocenters. The van der Waals surface area contributed by atoms with Crippen LogP contribution in [0.1, 0.15) is 25.8 Å². The molecule has 0 spiro atoms. The molecule has 1 aliphatic heterocycles. The van der Waals surface area contributed by atoms with E-state index >= 15 is 0 Å². The first-order chi connectivity index (χ1) is 10.0. The Morgan fingerprint density at radius 2 is 1.90 bits per heavy atom. The summed E-state index contributed by atoms with van der Waals surface area (Å²) in [7, 11) is 0. The van der Waals surface area contributed by atoms with Gasteiger partial charge in [0.2, 0.25) is 5.91 Å². The molecular weight excluding hydrogens is 270 g/mol. The maximum Gasteiger partial charge on any atom is 0.325 e. The average Bonchev–Trinajstić information content (AvgIpc) is 2.73. The number of hydrogen-bond acceptors (Lipinski definition) is 3. The van der Waals surface area contributed by atoms with Gasteiger partial charge in [0.1, 0.15) is 12.1 Å². The van der Waals surface area contributed by atoms with Crippen LogP contribution in [0.5, 0.6) is 0 Å². The summed E-state index contributed by atoms with van der Waals surface area (Å²) in [6.45, 7) is 3.82. The lowest BCUT2D eigenvalue weighted by Crippen LogP contribution is -2.44. The SMILES string of the molecule is CCNC(=O)CN1C(=O)N[C@@](CC)(c2ccccc2)C1=O. The van der Waals surface area contributed by atoms with Crippen molar-refractivity contribution in [3.63, 3.8) is 0 Å². The smallest absolute Gasteiger partial charge is 0.325 e. The van der Waals surface area contributed by atoms with Gasteiger partial charge in [0.25, 0.3) is 5.91 Å². The van der Waals surface area contributed by atoms with Crippen LogP contribution in [-0.4, -0.2) is 35.8 Å². The number of urea groups is 1. The molecule has 1 aliphatic rings. The highest BCUT2D eigenvalue weighted by atomic mass is 16.2. The summed E-state index contributed by atoms with van der Waals surface area (Å²) >= 11 is 0. The molecule has 112 valence electrons. The maximum atomic E-state index is 12.7. The van der Waals surface area contributed by atoms with Gasteiger partial charge in [-0.2, -0.15) is 0 Å². The quantitative estimate of drug-likeness (QED) is 0.793. The van der Waals surface area contributed by atoms with E-state index in [-0.39, 0.29) is 18.4 Å². The fourth-order valence-electron chi connectivity index (χ4n) is 2.53. The van der Waals surface area contributed by atoms with Gasteiger partial charge in [-0.05, 0) is 18.9 Å². The summed E-state index contributed by atoms with van der Waals surface area (Å²) in [5.41, 5.74) is -0.352. The fourth-order valence-corrected chi connectivity index (χ4v) is 2.53. The predicted molar refractivity (Wildman–Crippen MR) is 77.3 cm³/mol. The number of imide groups is 1. The van der Waals surface area contributed by atoms with Crippen molar-refractivity contribution < 1.29 is 14.4 Å². The first-order valence-corrected chi connectivity index (χ1v) is 7.01. The third-order valence-electron chi connectivity index (χ3n) is 3.65. The number of amides is 4. The van der Waals surface area contributed by atoms with Crippen LogP contribution in [-0.2, 0) is 15.1 Å². The third-order valence-corrected chi connectivity index (χ3v) is 3.65. The molecule has 0 aromatic heterocycles. The molecule has 21 heavy (non-hydrogen) atoms. The van der Waals surface area contributed by atoms with Gasteiger partial charge in [0.15, 0.2) is 0 Å². The fraction of sp³-hybridized carbons (Fsp3) is 0.400. The number of hydrogen-bond donors (Lipinski definition) is 2. The van der Waals surface area contributed by atoms with Gasteiger partial charge in [-0.15, -0.1) is 0 Å². The monoisotopic (exact) mass is 289 g/mol. The van der Waals surface area contributed by atoms with Crippen LogP contribution in [0.2, 0.25) is 0 Å². The number of nitrogens with one attached hydrogen (secondary N) is 2. The van der Waals surface area contributed by atoms with Crippen molar-refractivity contribution in [3.05, 3.63) is 35.9 Å². The molecule has 0 saturated carbocycles. The van der Waals surface area contributed by atoms with E-state index < -0.39 is 11.6 Å². The van der Waals surface area contributed by atoms with E-state index in [1.165, 1.54) is 0 Å². The van der Waals surface area contributed by atoms with Crippen molar-refractivity contribution in [2.75, 3.05) is 13.1 Å². The molecule has 1 aromatic rings. The molecule has 0 bridgehead atoms. The second-order valence-electron chi connectivity index (χ2n) is 4.90. The lowest BCUT2D eigenvalue weighted by atomic mass is 9.87. The molecule has 1 fully saturated rings. The average molecular weight is 289 g/mol. The standard InChI is InChI=1S/C15H19N3O3/c1-3-15(11-8-6-5-7-9-11)13(20)18(14(21)17-15)10-12(19)16-4-2/h5-9H,3-4,10H2,1-2H3,(H,16,19)(H,17,21)/t15-/m0/s1. The first kappa shape index (κ1) is 15.0. The van der Waals surface area contributed by atoms with Crippen LogP contribution >= 0.6 is 0 Å². The van der Waals surface area contributed by atoms with E-state index in [2.05, 4.69) is 10.6 Å². The van der Waals surface area contributed by atoms with Crippen molar-refractivity contribution in [2.24, 2.45) is 0 Å². The van der Waals surface area contributed by atoms with Gasteiger partial charge in [0, 0.05) is 6.54 Å². The summed E-state index contributed by atoms with van der Waals surface area (Å²) in [5.74, 6) is -0.728. The molecule has 0 aliphatic carbocycles. The highest BCUT2D eigenvalue weighted by Crippen LogP contribution is 2.32. The largest absolute Gasteiger partial charge is 0.355 e. The topological polar surface area (TPSA) is 78.5 Å². The Labute approximate surface area is 123 Å². The van der Waals surface area contributed by atoms with E-state index in [0.29, 0.717) is 13.0 Å². The van der Waals surface area contributed by atoms with Gasteiger partial charge in [0.05, 0.1) is 0 Å². The van der Waals surface area contributed by atoms with Crippen LogP contribution in [0.3, 0.4) is 0 Å². The number of rotatable bonds is 5. The van der Waals surface area contributed by atoms with Crippen LogP contribution in [0, 0.1) is 0 Å². The Bertz CT molecular complexity index is 559. The van der Waals surface area contributed by atoms with E-state index in [9.17, 15) is 14.4 Å². The molecule has 2 rings (SSSR count). The minimum absolute atomic E-state index is 0.257. The number of benzene rings is 1. The highest BCUT2D eigenvalue weighted by molar-refractivity contribution is 6.09. The second kappa shape index (κ2) is 5.95. The van der Waals surface area contributed by atoms with Crippen LogP contribution in [0.25, 0.3) is 0 Å². The van der Waals surface area contributed by atoms with Crippen LogP contribution in [0.15, 0.2) is 30.3 Å². The van der Waals surface area contributed by atoms with Crippen LogP contribution in [0.4, 0.5) is 4.79 Å². The molecule has 1 aromatic carbocycles. The maximum absolute atomic E-state index is 12.7. The van der Waals surface area contributed by atoms with Gasteiger partial charge in [-0.25, -0.2) is 4.79 Å². The van der Waals surface area contributed by atoms with Crippen LogP contribution < -0.4 is 10.6 Å². The number of carbonyl (C=O) groups is 3. The Kier molecular flexibility index (Phi) is 4.26. The normalized spacial score (nSPS) is 21.3. The zero-order valence-electron chi connectivity index (χ0n) is 12.2. The predicted octanol–water partition coefficient (Wildman–Crippen LogP) is 0.980. The zero-order valence-corrected chi connectivity index (χ0v) is 12.2. The molecular formula is C15H19N3O3. The van der Waals surface area contributed by atoms with Gasteiger partial charge in [-0.1, -0.05) is 37.3 Å². The molecule has 1 atom stereocenters. The summed E-state index contributed by atoms with van der Waals surface area (Å²) < 4.78 is 0. The van der Waals surface area contributed by atoms with Gasteiger partial charge < -0.3 is 10.6 Å². The van der Waals surface area contributed by atoms with E-state index in [1.54, 1.807) is 19.1 Å². The summed E-state index contributed by atoms with van der Waals surface area (Å²) in [4.78, 5) is 37.4. The summed E-state index contributed by atoms with van der Waals surface area (Å²) in [5, 5.41) is 5.32. The first-order valence-electron chi connectivity index (χ1n) is 7.01. The van der Waals surface area contributed by atoms with E-state index in [4.69, 9.17) is 0 Å². The Balaban J connectivity index is 2.29. The summed E-state index contributed by atoms with van der Waals surface area (Å²) in [6, 6.07) is 8.56. The minimum atomic E-state index is -1.08. The lowest BCUT2D eigenvalue weighted by Gasteiger charge is -2.25. The number of likely N-dealkylation sites (N-methyl/N-ethyl adjacent to an activating group) is 1. The zero-order chi connectivity index (χ0) is 15.5. The highest BCUT2D eigenvalue weighted by Gasteiger charge is 2.51. The van der Waals surface area contributed by atoms with Crippen molar-refractivity contribution in [3.8, 4) is 0 Å².